The van der Waals surface area contributed by atoms with Crippen LogP contribution < -0.4 is 10.1 Å². The highest BCUT2D eigenvalue weighted by Gasteiger charge is 2.28. The fraction of sp³-hybridized carbons (Fsp3) is 0.368. The first kappa shape index (κ1) is 21.3. The van der Waals surface area contributed by atoms with Crippen LogP contribution in [0.15, 0.2) is 30.6 Å². The van der Waals surface area contributed by atoms with E-state index in [9.17, 15) is 22.8 Å². The zero-order chi connectivity index (χ0) is 20.7. The average Bonchev–Trinajstić information content (AvgIpc) is 2.65. The molecular weight excluding hydrogens is 375 g/mol. The Kier molecular flexibility index (Phi) is 7.08. The number of ether oxygens (including phenoxy) is 1. The lowest BCUT2D eigenvalue weighted by molar-refractivity contribution is -0.154. The highest BCUT2D eigenvalue weighted by molar-refractivity contribution is 5.94. The largest absolute Gasteiger partial charge is 0.468 e. The zero-order valence-corrected chi connectivity index (χ0v) is 15.5. The van der Waals surface area contributed by atoms with E-state index in [0.717, 1.165) is 0 Å². The highest BCUT2D eigenvalue weighted by Crippen LogP contribution is 2.19. The molecule has 2 aromatic rings. The molecule has 0 aliphatic rings. The topological polar surface area (TPSA) is 81.2 Å². The monoisotopic (exact) mass is 395 g/mol. The summed E-state index contributed by atoms with van der Waals surface area (Å²) in [7, 11) is 0. The molecule has 0 spiro atoms. The van der Waals surface area contributed by atoms with Crippen molar-refractivity contribution in [3.63, 3.8) is 0 Å². The molecule has 150 valence electrons. The van der Waals surface area contributed by atoms with Gasteiger partial charge in [-0.15, -0.1) is 0 Å². The summed E-state index contributed by atoms with van der Waals surface area (Å²) in [6.07, 6.45) is -1.05. The van der Waals surface area contributed by atoms with Gasteiger partial charge in [-0.1, -0.05) is 6.92 Å². The number of amides is 1. The Bertz CT molecular complexity index is 854. The lowest BCUT2D eigenvalue weighted by Crippen LogP contribution is -2.24. The van der Waals surface area contributed by atoms with Crippen molar-refractivity contribution in [1.29, 1.82) is 0 Å². The first-order chi connectivity index (χ1) is 13.2. The number of alkyl halides is 3. The van der Waals surface area contributed by atoms with E-state index in [0.29, 0.717) is 28.8 Å². The molecular formula is C19H20F3N3O3. The molecule has 0 saturated heterocycles. The van der Waals surface area contributed by atoms with Gasteiger partial charge in [0.2, 0.25) is 5.88 Å². The normalized spacial score (nSPS) is 11.2. The van der Waals surface area contributed by atoms with Crippen molar-refractivity contribution in [2.24, 2.45) is 0 Å². The van der Waals surface area contributed by atoms with E-state index in [1.165, 1.54) is 24.5 Å². The van der Waals surface area contributed by atoms with Crippen LogP contribution in [0.4, 0.5) is 13.2 Å². The van der Waals surface area contributed by atoms with Gasteiger partial charge in [-0.3, -0.25) is 14.6 Å². The second-order valence-electron chi connectivity index (χ2n) is 6.14. The van der Waals surface area contributed by atoms with E-state index < -0.39 is 12.8 Å². The summed E-state index contributed by atoms with van der Waals surface area (Å²) >= 11 is 0. The molecule has 2 aromatic heterocycles. The van der Waals surface area contributed by atoms with E-state index >= 15 is 0 Å². The van der Waals surface area contributed by atoms with Gasteiger partial charge in [0.05, 0.1) is 0 Å². The maximum atomic E-state index is 12.3. The number of pyridine rings is 2. The fourth-order valence-corrected chi connectivity index (χ4v) is 2.30. The second kappa shape index (κ2) is 9.29. The van der Waals surface area contributed by atoms with Gasteiger partial charge in [-0.05, 0) is 30.2 Å². The number of aromatic nitrogens is 2. The van der Waals surface area contributed by atoms with Crippen molar-refractivity contribution in [3.05, 3.63) is 53.0 Å². The summed E-state index contributed by atoms with van der Waals surface area (Å²) in [5, 5.41) is 2.71. The number of nitrogens with one attached hydrogen (secondary N) is 1. The third kappa shape index (κ3) is 6.64. The standard InChI is InChI=1S/C19H20F3N3O3/c1-3-16(26)8-15-7-13(4-5-23-15)18(27)25-10-14-9-24-17(6-12(14)2)28-11-19(20,21)22/h4-7,9H,3,8,10-11H2,1-2H3,(H,25,27). The van der Waals surface area contributed by atoms with Crippen LogP contribution in [0, 0.1) is 6.92 Å². The number of nitrogens with zero attached hydrogens (tertiary/aromatic N) is 2. The predicted octanol–water partition coefficient (Wildman–Crippen LogP) is 3.18. The Morgan fingerprint density at radius 1 is 1.21 bits per heavy atom. The minimum absolute atomic E-state index is 0.0274. The van der Waals surface area contributed by atoms with E-state index in [4.69, 9.17) is 0 Å². The van der Waals surface area contributed by atoms with Crippen molar-refractivity contribution in [1.82, 2.24) is 15.3 Å². The van der Waals surface area contributed by atoms with E-state index in [2.05, 4.69) is 20.0 Å². The van der Waals surface area contributed by atoms with Gasteiger partial charge in [0.15, 0.2) is 6.61 Å². The Morgan fingerprint density at radius 3 is 2.61 bits per heavy atom. The molecule has 0 radical (unpaired) electrons. The van der Waals surface area contributed by atoms with Crippen molar-refractivity contribution in [2.45, 2.75) is 39.4 Å². The number of carbonyl (C=O) groups excluding carboxylic acids is 2. The fourth-order valence-electron chi connectivity index (χ4n) is 2.30. The van der Waals surface area contributed by atoms with Gasteiger partial charge >= 0.3 is 6.18 Å². The van der Waals surface area contributed by atoms with Crippen LogP contribution in [-0.4, -0.2) is 34.4 Å². The highest BCUT2D eigenvalue weighted by atomic mass is 19.4. The van der Waals surface area contributed by atoms with Gasteiger partial charge in [-0.25, -0.2) is 4.98 Å². The van der Waals surface area contributed by atoms with Crippen LogP contribution in [0.2, 0.25) is 0 Å². The molecule has 0 aliphatic carbocycles. The van der Waals surface area contributed by atoms with E-state index in [1.807, 2.05) is 0 Å². The summed E-state index contributed by atoms with van der Waals surface area (Å²) in [6.45, 7) is 2.17. The third-order valence-corrected chi connectivity index (χ3v) is 3.87. The molecule has 28 heavy (non-hydrogen) atoms. The number of aryl methyl sites for hydroxylation is 1. The van der Waals surface area contributed by atoms with Crippen LogP contribution in [0.25, 0.3) is 0 Å². The number of hydrogen-bond acceptors (Lipinski definition) is 5. The Morgan fingerprint density at radius 2 is 1.96 bits per heavy atom. The number of hydrogen-bond donors (Lipinski definition) is 1. The van der Waals surface area contributed by atoms with Crippen LogP contribution in [0.5, 0.6) is 5.88 Å². The minimum atomic E-state index is -4.44. The quantitative estimate of drug-likeness (QED) is 0.743. The molecule has 0 bridgehead atoms. The molecule has 9 heteroatoms. The second-order valence-corrected chi connectivity index (χ2v) is 6.14. The van der Waals surface area contributed by atoms with Crippen LogP contribution in [0.3, 0.4) is 0 Å². The SMILES string of the molecule is CCC(=O)Cc1cc(C(=O)NCc2cnc(OCC(F)(F)F)cc2C)ccn1. The van der Waals surface area contributed by atoms with Crippen molar-refractivity contribution in [3.8, 4) is 5.88 Å². The molecule has 2 rings (SSSR count). The van der Waals surface area contributed by atoms with Crippen molar-refractivity contribution >= 4 is 11.7 Å². The van der Waals surface area contributed by atoms with Crippen LogP contribution in [-0.2, 0) is 17.8 Å². The smallest absolute Gasteiger partial charge is 0.422 e. The molecule has 0 aromatic carbocycles. The van der Waals surface area contributed by atoms with Crippen molar-refractivity contribution in [2.75, 3.05) is 6.61 Å². The van der Waals surface area contributed by atoms with Gasteiger partial charge < -0.3 is 10.1 Å². The molecule has 1 N–H and O–H groups in total. The molecule has 2 heterocycles. The average molecular weight is 395 g/mol. The summed E-state index contributed by atoms with van der Waals surface area (Å²) < 4.78 is 41.2. The van der Waals surface area contributed by atoms with E-state index in [1.54, 1.807) is 19.9 Å². The summed E-state index contributed by atoms with van der Waals surface area (Å²) in [5.41, 5.74) is 2.16. The predicted molar refractivity (Wildman–Crippen MR) is 94.9 cm³/mol. The summed E-state index contributed by atoms with van der Waals surface area (Å²) in [4.78, 5) is 31.8. The Hall–Kier alpha value is -2.97. The maximum absolute atomic E-state index is 12.3. The number of ketones is 1. The number of carbonyl (C=O) groups is 2. The van der Waals surface area contributed by atoms with Crippen LogP contribution >= 0.6 is 0 Å². The minimum Gasteiger partial charge on any atom is -0.468 e. The Balaban J connectivity index is 1.97. The molecule has 6 nitrogen and oxygen atoms in total. The molecule has 0 saturated carbocycles. The number of rotatable bonds is 8. The Labute approximate surface area is 160 Å². The lowest BCUT2D eigenvalue weighted by atomic mass is 10.1. The van der Waals surface area contributed by atoms with E-state index in [-0.39, 0.29) is 30.5 Å². The molecule has 0 aliphatic heterocycles. The van der Waals surface area contributed by atoms with Crippen LogP contribution in [0.1, 0.15) is 40.5 Å². The molecule has 0 fully saturated rings. The number of halogens is 3. The first-order valence-corrected chi connectivity index (χ1v) is 8.58. The van der Waals surface area contributed by atoms with Crippen molar-refractivity contribution < 1.29 is 27.5 Å². The molecule has 1 amide bonds. The lowest BCUT2D eigenvalue weighted by Gasteiger charge is -2.11. The van der Waals surface area contributed by atoms with Gasteiger partial charge in [0.1, 0.15) is 5.78 Å². The molecule has 0 atom stereocenters. The zero-order valence-electron chi connectivity index (χ0n) is 15.5. The third-order valence-electron chi connectivity index (χ3n) is 3.87. The van der Waals surface area contributed by atoms with Gasteiger partial charge in [0.25, 0.3) is 5.91 Å². The maximum Gasteiger partial charge on any atom is 0.422 e. The molecule has 0 unspecified atom stereocenters. The first-order valence-electron chi connectivity index (χ1n) is 8.58. The van der Waals surface area contributed by atoms with Gasteiger partial charge in [-0.2, -0.15) is 13.2 Å². The van der Waals surface area contributed by atoms with Gasteiger partial charge in [0, 0.05) is 49.1 Å². The summed E-state index contributed by atoms with van der Waals surface area (Å²) in [5.74, 6) is -0.465. The number of Topliss-reactive ketones (excluding diaryl/α,β-unsaturated/α-hetero) is 1. The summed E-state index contributed by atoms with van der Waals surface area (Å²) in [6, 6.07) is 4.48.